The van der Waals surface area contributed by atoms with Crippen LogP contribution in [0.25, 0.3) is 10.9 Å². The molecule has 1 aliphatic rings. The maximum Gasteiger partial charge on any atom is 0.407 e. The summed E-state index contributed by atoms with van der Waals surface area (Å²) in [6, 6.07) is 7.29. The highest BCUT2D eigenvalue weighted by atomic mass is 16.6. The summed E-state index contributed by atoms with van der Waals surface area (Å²) in [6.07, 6.45) is 2.10. The molecular formula is C23H32N2O5. The quantitative estimate of drug-likeness (QED) is 0.687. The average molecular weight is 417 g/mol. The number of pyridine rings is 1. The molecule has 0 aliphatic heterocycles. The zero-order chi connectivity index (χ0) is 21.9. The van der Waals surface area contributed by atoms with Gasteiger partial charge in [0.25, 0.3) is 0 Å². The Morgan fingerprint density at radius 2 is 1.87 bits per heavy atom. The summed E-state index contributed by atoms with van der Waals surface area (Å²) < 4.78 is 10.8. The average Bonchev–Trinajstić information content (AvgIpc) is 2.71. The molecule has 1 saturated carbocycles. The van der Waals surface area contributed by atoms with Gasteiger partial charge in [-0.15, -0.1) is 0 Å². The fourth-order valence-electron chi connectivity index (χ4n) is 4.15. The number of hydrogen-bond donors (Lipinski definition) is 3. The van der Waals surface area contributed by atoms with E-state index in [1.54, 1.807) is 25.4 Å². The molecule has 1 aromatic heterocycles. The first-order chi connectivity index (χ1) is 14.2. The normalized spacial score (nSPS) is 21.7. The number of hydrogen-bond acceptors (Lipinski definition) is 6. The van der Waals surface area contributed by atoms with Crippen molar-refractivity contribution in [3.8, 4) is 5.75 Å². The number of rotatable bonds is 5. The molecule has 2 atom stereocenters. The van der Waals surface area contributed by atoms with Gasteiger partial charge in [-0.2, -0.15) is 0 Å². The first-order valence-electron chi connectivity index (χ1n) is 10.5. The van der Waals surface area contributed by atoms with E-state index in [9.17, 15) is 15.0 Å². The van der Waals surface area contributed by atoms with Gasteiger partial charge in [-0.25, -0.2) is 4.79 Å². The molecule has 0 saturated heterocycles. The third kappa shape index (κ3) is 5.21. The minimum atomic E-state index is -1.09. The lowest BCUT2D eigenvalue weighted by Crippen LogP contribution is -2.42. The number of aliphatic hydroxyl groups is 2. The van der Waals surface area contributed by atoms with Gasteiger partial charge in [0, 0.05) is 23.2 Å². The highest BCUT2D eigenvalue weighted by molar-refractivity contribution is 5.85. The van der Waals surface area contributed by atoms with Crippen LogP contribution in [0, 0.1) is 5.92 Å². The summed E-state index contributed by atoms with van der Waals surface area (Å²) in [5.41, 5.74) is 0.767. The standard InChI is InChI=1S/C23H32N2O5/c1-23(2,3)30-22(28)25-15-9-7-14(8-10-15)20(26)21(27)19-16-6-5-13-24-17(16)11-12-18(19)29-4/h5-6,11-15,20-21,26-27H,7-10H2,1-4H3,(H,25,28)/t14-,15-,20-,21-/m0/s1. The van der Waals surface area contributed by atoms with Crippen molar-refractivity contribution in [2.75, 3.05) is 7.11 Å². The maximum atomic E-state index is 12.0. The van der Waals surface area contributed by atoms with Gasteiger partial charge in [0.05, 0.1) is 18.7 Å². The monoisotopic (exact) mass is 416 g/mol. The second kappa shape index (κ2) is 9.18. The van der Waals surface area contributed by atoms with Crippen molar-refractivity contribution in [1.82, 2.24) is 10.3 Å². The van der Waals surface area contributed by atoms with E-state index >= 15 is 0 Å². The van der Waals surface area contributed by atoms with Gasteiger partial charge < -0.3 is 25.0 Å². The Morgan fingerprint density at radius 1 is 1.17 bits per heavy atom. The zero-order valence-corrected chi connectivity index (χ0v) is 18.1. The van der Waals surface area contributed by atoms with E-state index in [-0.39, 0.29) is 12.0 Å². The molecule has 0 unspecified atom stereocenters. The number of methoxy groups -OCH3 is 1. The largest absolute Gasteiger partial charge is 0.496 e. The Hall–Kier alpha value is -2.38. The molecule has 30 heavy (non-hydrogen) atoms. The Morgan fingerprint density at radius 3 is 2.50 bits per heavy atom. The lowest BCUT2D eigenvalue weighted by Gasteiger charge is -2.34. The van der Waals surface area contributed by atoms with Crippen LogP contribution >= 0.6 is 0 Å². The first kappa shape index (κ1) is 22.3. The zero-order valence-electron chi connectivity index (χ0n) is 18.1. The Bertz CT molecular complexity index is 872. The number of nitrogens with zero attached hydrogens (tertiary/aromatic N) is 1. The van der Waals surface area contributed by atoms with E-state index in [2.05, 4.69) is 10.3 Å². The third-order valence-electron chi connectivity index (χ3n) is 5.60. The molecule has 7 heteroatoms. The second-order valence-corrected chi connectivity index (χ2v) is 8.94. The van der Waals surface area contributed by atoms with Crippen LogP contribution in [0.1, 0.15) is 58.1 Å². The van der Waals surface area contributed by atoms with Crippen LogP contribution in [-0.4, -0.2) is 46.1 Å². The van der Waals surface area contributed by atoms with Crippen LogP contribution in [0.4, 0.5) is 4.79 Å². The summed E-state index contributed by atoms with van der Waals surface area (Å²) in [5, 5.41) is 25.7. The predicted molar refractivity (Wildman–Crippen MR) is 114 cm³/mol. The fourth-order valence-corrected chi connectivity index (χ4v) is 4.15. The summed E-state index contributed by atoms with van der Waals surface area (Å²) in [5.74, 6) is 0.454. The second-order valence-electron chi connectivity index (χ2n) is 8.94. The van der Waals surface area contributed by atoms with E-state index in [0.717, 1.165) is 23.7 Å². The van der Waals surface area contributed by atoms with Crippen LogP contribution in [0.3, 0.4) is 0 Å². The number of nitrogens with one attached hydrogen (secondary N) is 1. The smallest absolute Gasteiger partial charge is 0.407 e. The van der Waals surface area contributed by atoms with Gasteiger partial charge in [-0.3, -0.25) is 4.98 Å². The molecule has 0 spiro atoms. The number of carbonyl (C=O) groups excluding carboxylic acids is 1. The molecule has 7 nitrogen and oxygen atoms in total. The molecule has 1 aliphatic carbocycles. The lowest BCUT2D eigenvalue weighted by atomic mass is 9.79. The molecule has 0 radical (unpaired) electrons. The maximum absolute atomic E-state index is 12.0. The minimum absolute atomic E-state index is 0.0109. The SMILES string of the molecule is COc1ccc2ncccc2c1[C@H](O)[C@@H](O)[C@H]1CC[C@H](NC(=O)OC(C)(C)C)CC1. The number of benzene rings is 1. The fraction of sp³-hybridized carbons (Fsp3) is 0.565. The lowest BCUT2D eigenvalue weighted by molar-refractivity contribution is -0.0312. The van der Waals surface area contributed by atoms with E-state index in [4.69, 9.17) is 9.47 Å². The number of aromatic nitrogens is 1. The Labute approximate surface area is 177 Å². The van der Waals surface area contributed by atoms with Crippen LogP contribution in [0.15, 0.2) is 30.5 Å². The summed E-state index contributed by atoms with van der Waals surface area (Å²) in [4.78, 5) is 16.3. The molecule has 164 valence electrons. The predicted octanol–water partition coefficient (Wildman–Crippen LogP) is 3.72. The van der Waals surface area contributed by atoms with Crippen molar-refractivity contribution in [2.45, 2.75) is 70.3 Å². The van der Waals surface area contributed by atoms with E-state index in [1.807, 2.05) is 32.9 Å². The highest BCUT2D eigenvalue weighted by Gasteiger charge is 2.34. The van der Waals surface area contributed by atoms with Gasteiger partial charge in [-0.1, -0.05) is 6.07 Å². The molecule has 1 aromatic carbocycles. The van der Waals surface area contributed by atoms with E-state index < -0.39 is 23.9 Å². The third-order valence-corrected chi connectivity index (χ3v) is 5.60. The number of alkyl carbamates (subject to hydrolysis) is 1. The Kier molecular flexibility index (Phi) is 6.83. The van der Waals surface area contributed by atoms with Crippen LogP contribution < -0.4 is 10.1 Å². The van der Waals surface area contributed by atoms with Crippen molar-refractivity contribution < 1.29 is 24.5 Å². The summed E-state index contributed by atoms with van der Waals surface area (Å²) >= 11 is 0. The summed E-state index contributed by atoms with van der Waals surface area (Å²) in [6.45, 7) is 5.49. The van der Waals surface area contributed by atoms with Crippen LogP contribution in [-0.2, 0) is 4.74 Å². The molecule has 2 aromatic rings. The number of carbonyl (C=O) groups is 1. The van der Waals surface area contributed by atoms with Crippen LogP contribution in [0.5, 0.6) is 5.75 Å². The van der Waals surface area contributed by atoms with Crippen LogP contribution in [0.2, 0.25) is 0 Å². The number of ether oxygens (including phenoxy) is 2. The molecule has 3 N–H and O–H groups in total. The topological polar surface area (TPSA) is 101 Å². The number of amides is 1. The van der Waals surface area contributed by atoms with Gasteiger partial charge >= 0.3 is 6.09 Å². The number of aliphatic hydroxyl groups excluding tert-OH is 2. The minimum Gasteiger partial charge on any atom is -0.496 e. The van der Waals surface area contributed by atoms with Gasteiger partial charge in [-0.05, 0) is 70.6 Å². The van der Waals surface area contributed by atoms with Gasteiger partial charge in [0.15, 0.2) is 0 Å². The number of fused-ring (bicyclic) bond motifs is 1. The molecule has 1 fully saturated rings. The van der Waals surface area contributed by atoms with Crippen molar-refractivity contribution in [3.63, 3.8) is 0 Å². The van der Waals surface area contributed by atoms with E-state index in [1.165, 1.54) is 0 Å². The molecule has 1 amide bonds. The van der Waals surface area contributed by atoms with Crippen molar-refractivity contribution in [2.24, 2.45) is 5.92 Å². The molecule has 3 rings (SSSR count). The highest BCUT2D eigenvalue weighted by Crippen LogP contribution is 2.38. The molecule has 0 bridgehead atoms. The van der Waals surface area contributed by atoms with Crippen molar-refractivity contribution in [1.29, 1.82) is 0 Å². The summed E-state index contributed by atoms with van der Waals surface area (Å²) in [7, 11) is 1.55. The molecular weight excluding hydrogens is 384 g/mol. The first-order valence-corrected chi connectivity index (χ1v) is 10.5. The molecule has 1 heterocycles. The Balaban J connectivity index is 1.66. The van der Waals surface area contributed by atoms with Gasteiger partial charge in [0.1, 0.15) is 17.5 Å². The van der Waals surface area contributed by atoms with E-state index in [0.29, 0.717) is 24.2 Å². The van der Waals surface area contributed by atoms with Crippen molar-refractivity contribution in [3.05, 3.63) is 36.0 Å². The van der Waals surface area contributed by atoms with Crippen molar-refractivity contribution >= 4 is 17.0 Å². The van der Waals surface area contributed by atoms with Gasteiger partial charge in [0.2, 0.25) is 0 Å².